The molecule has 20 heavy (non-hydrogen) atoms. The fourth-order valence-corrected chi connectivity index (χ4v) is 3.48. The first-order valence-corrected chi connectivity index (χ1v) is 7.60. The lowest BCUT2D eigenvalue weighted by molar-refractivity contribution is -0.133. The molecule has 0 N–H and O–H groups in total. The van der Waals surface area contributed by atoms with Crippen LogP contribution in [0.15, 0.2) is 24.3 Å². The molecule has 2 aliphatic heterocycles. The summed E-state index contributed by atoms with van der Waals surface area (Å²) in [7, 11) is 0. The van der Waals surface area contributed by atoms with Crippen molar-refractivity contribution in [1.82, 2.24) is 9.80 Å². The lowest BCUT2D eigenvalue weighted by Gasteiger charge is -2.25. The molecule has 2 heterocycles. The minimum Gasteiger partial charge on any atom is -0.331 e. The molecule has 0 radical (unpaired) electrons. The van der Waals surface area contributed by atoms with E-state index in [0.717, 1.165) is 10.7 Å². The lowest BCUT2D eigenvalue weighted by Crippen LogP contribution is -2.48. The predicted octanol–water partition coefficient (Wildman–Crippen LogP) is 1.20. The van der Waals surface area contributed by atoms with Crippen molar-refractivity contribution in [1.29, 1.82) is 0 Å². The molecule has 0 spiro atoms. The van der Waals surface area contributed by atoms with Crippen LogP contribution in [0.4, 0.5) is 0 Å². The van der Waals surface area contributed by atoms with Gasteiger partial charge in [-0.05, 0) is 19.1 Å². The summed E-state index contributed by atoms with van der Waals surface area (Å²) >= 11 is 1.68. The molecule has 1 aromatic rings. The molecule has 1 aromatic carbocycles. The molecule has 104 valence electrons. The van der Waals surface area contributed by atoms with Gasteiger partial charge in [0.25, 0.3) is 11.8 Å². The topological polar surface area (TPSA) is 57.7 Å². The number of benzene rings is 1. The summed E-state index contributed by atoms with van der Waals surface area (Å²) in [6, 6.07) is 5.94. The summed E-state index contributed by atoms with van der Waals surface area (Å²) in [5.41, 5.74) is 0.765. The Labute approximate surface area is 120 Å². The molecular formula is C14H14N2O3S. The number of carbonyl (C=O) groups excluding carboxylic acids is 3. The quantitative estimate of drug-likeness (QED) is 0.768. The summed E-state index contributed by atoms with van der Waals surface area (Å²) in [5, 5.41) is 0. The van der Waals surface area contributed by atoms with Crippen molar-refractivity contribution in [3.05, 3.63) is 35.4 Å². The minimum atomic E-state index is -0.749. The van der Waals surface area contributed by atoms with Gasteiger partial charge >= 0.3 is 0 Å². The van der Waals surface area contributed by atoms with Crippen molar-refractivity contribution < 1.29 is 14.4 Å². The average Bonchev–Trinajstić information content (AvgIpc) is 3.07. The van der Waals surface area contributed by atoms with Crippen molar-refractivity contribution in [2.75, 3.05) is 18.2 Å². The third kappa shape index (κ3) is 1.91. The molecule has 0 aliphatic carbocycles. The number of thioether (sulfide) groups is 1. The number of nitrogens with zero attached hydrogens (tertiary/aromatic N) is 2. The van der Waals surface area contributed by atoms with Gasteiger partial charge in [0.15, 0.2) is 0 Å². The van der Waals surface area contributed by atoms with E-state index in [2.05, 4.69) is 0 Å². The third-order valence-corrected chi connectivity index (χ3v) is 4.60. The van der Waals surface area contributed by atoms with Crippen molar-refractivity contribution in [2.24, 2.45) is 0 Å². The van der Waals surface area contributed by atoms with Gasteiger partial charge in [-0.25, -0.2) is 0 Å². The first-order chi connectivity index (χ1) is 9.61. The van der Waals surface area contributed by atoms with Crippen molar-refractivity contribution in [2.45, 2.75) is 13.0 Å². The largest absolute Gasteiger partial charge is 0.331 e. The Balaban J connectivity index is 1.86. The van der Waals surface area contributed by atoms with Gasteiger partial charge in [0, 0.05) is 12.3 Å². The van der Waals surface area contributed by atoms with Gasteiger partial charge in [-0.15, -0.1) is 11.8 Å². The molecule has 0 saturated carbocycles. The van der Waals surface area contributed by atoms with Gasteiger partial charge in [-0.3, -0.25) is 19.3 Å². The fourth-order valence-electron chi connectivity index (χ4n) is 2.52. The molecule has 6 heteroatoms. The lowest BCUT2D eigenvalue weighted by atomic mass is 10.1. The SMILES string of the molecule is CC(C(=O)N1CCSC1)N1C(=O)c2ccccc2C1=O. The Morgan fingerprint density at radius 2 is 1.80 bits per heavy atom. The van der Waals surface area contributed by atoms with Crippen LogP contribution in [0.3, 0.4) is 0 Å². The van der Waals surface area contributed by atoms with Crippen LogP contribution in [0.1, 0.15) is 27.6 Å². The number of hydrogen-bond donors (Lipinski definition) is 0. The van der Waals surface area contributed by atoms with E-state index >= 15 is 0 Å². The summed E-state index contributed by atoms with van der Waals surface area (Å²) < 4.78 is 0. The van der Waals surface area contributed by atoms with E-state index in [4.69, 9.17) is 0 Å². The molecule has 1 saturated heterocycles. The number of rotatable bonds is 2. The minimum absolute atomic E-state index is 0.162. The molecule has 3 rings (SSSR count). The normalized spacial score (nSPS) is 19.4. The maximum atomic E-state index is 12.3. The van der Waals surface area contributed by atoms with E-state index in [9.17, 15) is 14.4 Å². The monoisotopic (exact) mass is 290 g/mol. The molecule has 1 unspecified atom stereocenters. The van der Waals surface area contributed by atoms with Crippen molar-refractivity contribution >= 4 is 29.5 Å². The molecule has 3 amide bonds. The zero-order valence-corrected chi connectivity index (χ0v) is 11.9. The third-order valence-electron chi connectivity index (χ3n) is 3.63. The smallest absolute Gasteiger partial charge is 0.262 e. The Morgan fingerprint density at radius 3 is 2.30 bits per heavy atom. The fraction of sp³-hybridized carbons (Fsp3) is 0.357. The van der Waals surface area contributed by atoms with Crippen LogP contribution in [-0.2, 0) is 4.79 Å². The Morgan fingerprint density at radius 1 is 1.20 bits per heavy atom. The second kappa shape index (κ2) is 4.94. The van der Waals surface area contributed by atoms with Crippen LogP contribution >= 0.6 is 11.8 Å². The standard InChI is InChI=1S/C14H14N2O3S/c1-9(12(17)15-6-7-20-8-15)16-13(18)10-4-2-3-5-11(10)14(16)19/h2-5,9H,6-8H2,1H3. The first-order valence-electron chi connectivity index (χ1n) is 6.44. The number of carbonyl (C=O) groups is 3. The Kier molecular flexibility index (Phi) is 3.25. The summed E-state index contributed by atoms with van der Waals surface area (Å²) in [5.74, 6) is 0.619. The van der Waals surface area contributed by atoms with Gasteiger partial charge in [-0.1, -0.05) is 12.1 Å². The molecular weight excluding hydrogens is 276 g/mol. The summed E-state index contributed by atoms with van der Waals surface area (Å²) in [4.78, 5) is 39.7. The van der Waals surface area contributed by atoms with Crippen LogP contribution in [-0.4, -0.2) is 51.7 Å². The van der Waals surface area contributed by atoms with Crippen molar-refractivity contribution in [3.8, 4) is 0 Å². The number of hydrogen-bond acceptors (Lipinski definition) is 4. The van der Waals surface area contributed by atoms with E-state index in [1.807, 2.05) is 0 Å². The highest BCUT2D eigenvalue weighted by Crippen LogP contribution is 2.26. The molecule has 5 nitrogen and oxygen atoms in total. The highest BCUT2D eigenvalue weighted by molar-refractivity contribution is 7.99. The number of amides is 3. The molecule has 2 aliphatic rings. The highest BCUT2D eigenvalue weighted by Gasteiger charge is 2.41. The van der Waals surface area contributed by atoms with Crippen LogP contribution in [0.2, 0.25) is 0 Å². The van der Waals surface area contributed by atoms with Crippen LogP contribution in [0, 0.1) is 0 Å². The van der Waals surface area contributed by atoms with Gasteiger partial charge in [0.2, 0.25) is 5.91 Å². The highest BCUT2D eigenvalue weighted by atomic mass is 32.2. The van der Waals surface area contributed by atoms with E-state index in [1.54, 1.807) is 47.9 Å². The van der Waals surface area contributed by atoms with Gasteiger partial charge in [0.05, 0.1) is 17.0 Å². The molecule has 1 fully saturated rings. The second-order valence-corrected chi connectivity index (χ2v) is 5.92. The van der Waals surface area contributed by atoms with Crippen LogP contribution in [0.25, 0.3) is 0 Å². The Hall–Kier alpha value is -1.82. The zero-order valence-electron chi connectivity index (χ0n) is 11.0. The van der Waals surface area contributed by atoms with Gasteiger partial charge < -0.3 is 4.90 Å². The van der Waals surface area contributed by atoms with Gasteiger partial charge in [-0.2, -0.15) is 0 Å². The summed E-state index contributed by atoms with van der Waals surface area (Å²) in [6.07, 6.45) is 0. The number of imide groups is 1. The maximum absolute atomic E-state index is 12.3. The zero-order chi connectivity index (χ0) is 14.3. The predicted molar refractivity (Wildman–Crippen MR) is 75.4 cm³/mol. The second-order valence-electron chi connectivity index (χ2n) is 4.84. The van der Waals surface area contributed by atoms with E-state index in [-0.39, 0.29) is 17.7 Å². The summed E-state index contributed by atoms with van der Waals surface area (Å²) in [6.45, 7) is 2.30. The Bertz CT molecular complexity index is 561. The molecule has 0 aromatic heterocycles. The van der Waals surface area contributed by atoms with E-state index in [0.29, 0.717) is 23.5 Å². The van der Waals surface area contributed by atoms with Gasteiger partial charge in [0.1, 0.15) is 6.04 Å². The average molecular weight is 290 g/mol. The van der Waals surface area contributed by atoms with Crippen LogP contribution in [0.5, 0.6) is 0 Å². The molecule has 0 bridgehead atoms. The maximum Gasteiger partial charge on any atom is 0.262 e. The van der Waals surface area contributed by atoms with E-state index < -0.39 is 6.04 Å². The van der Waals surface area contributed by atoms with Crippen molar-refractivity contribution in [3.63, 3.8) is 0 Å². The van der Waals surface area contributed by atoms with Crippen LogP contribution < -0.4 is 0 Å². The first kappa shape index (κ1) is 13.2. The van der Waals surface area contributed by atoms with E-state index in [1.165, 1.54) is 0 Å². The molecule has 1 atom stereocenters. The number of fused-ring (bicyclic) bond motifs is 1.